The van der Waals surface area contributed by atoms with E-state index >= 15 is 0 Å². The molecule has 0 aliphatic carbocycles. The van der Waals surface area contributed by atoms with Gasteiger partial charge in [0, 0.05) is 25.7 Å². The van der Waals surface area contributed by atoms with Gasteiger partial charge in [0.1, 0.15) is 19.3 Å². The summed E-state index contributed by atoms with van der Waals surface area (Å²) in [6, 6.07) is 0. The Kier molecular flexibility index (Phi) is 72.6. The summed E-state index contributed by atoms with van der Waals surface area (Å²) in [4.78, 5) is 73.0. The quantitative estimate of drug-likeness (QED) is 0.0169. The van der Waals surface area contributed by atoms with Gasteiger partial charge in [0.25, 0.3) is 0 Å². The van der Waals surface area contributed by atoms with Crippen molar-refractivity contribution in [2.24, 2.45) is 5.92 Å². The minimum atomic E-state index is -4.97. The van der Waals surface area contributed by atoms with E-state index in [1.165, 1.54) is 218 Å². The molecule has 0 fully saturated rings. The van der Waals surface area contributed by atoms with E-state index in [1.54, 1.807) is 0 Å². The number of phosphoric acid groups is 2. The summed E-state index contributed by atoms with van der Waals surface area (Å²) in [5.41, 5.74) is 0. The number of rotatable bonds is 80. The van der Waals surface area contributed by atoms with Crippen molar-refractivity contribution in [1.29, 1.82) is 0 Å². The van der Waals surface area contributed by atoms with Crippen LogP contribution >= 0.6 is 15.6 Å². The molecule has 0 amide bonds. The Morgan fingerprint density at radius 1 is 0.307 bits per heavy atom. The maximum Gasteiger partial charge on any atom is 0.472 e. The number of aliphatic hydroxyl groups excluding tert-OH is 1. The Hall–Kier alpha value is -2.46. The summed E-state index contributed by atoms with van der Waals surface area (Å²) in [6.45, 7) is 7.25. The highest BCUT2D eigenvalue weighted by molar-refractivity contribution is 7.47. The molecule has 101 heavy (non-hydrogen) atoms. The lowest BCUT2D eigenvalue weighted by molar-refractivity contribution is -0.161. The molecule has 0 aromatic carbocycles. The molecule has 596 valence electrons. The first-order valence-electron chi connectivity index (χ1n) is 42.0. The van der Waals surface area contributed by atoms with Gasteiger partial charge in [0.15, 0.2) is 12.2 Å². The average Bonchev–Trinajstić information content (AvgIpc) is 0.937. The maximum absolute atomic E-state index is 13.1. The Morgan fingerprint density at radius 3 is 0.812 bits per heavy atom. The standard InChI is InChI=1S/C82H156O17P2/c1-6-9-12-15-18-21-24-27-29-30-31-32-33-34-36-38-41-47-52-57-62-67-81(86)98-77(71-93-80(85)66-61-56-51-46-40-37-35-28-25-22-19-16-13-10-7-2)73-96-100(88,89)94-69-76(83)70-95-101(90,91)97-74-78(72-92-79(84)65-60-55-50-45-39-26-23-20-17-14-11-8-3)99-82(87)68-63-58-53-48-43-42-44-49-54-59-64-75(4)5/h22,25,28,35,75-78,83H,6-21,23-24,26-27,29-34,36-74H2,1-5H3,(H,88,89)(H,90,91)/b25-22-,35-28-/t76-,77-,78-/m1/s1. The molecular weight excluding hydrogens is 1320 g/mol. The smallest absolute Gasteiger partial charge is 0.462 e. The van der Waals surface area contributed by atoms with E-state index in [0.29, 0.717) is 25.7 Å². The summed E-state index contributed by atoms with van der Waals surface area (Å²) >= 11 is 0. The third-order valence-electron chi connectivity index (χ3n) is 18.7. The Labute approximate surface area is 618 Å². The van der Waals surface area contributed by atoms with Crippen molar-refractivity contribution in [1.82, 2.24) is 0 Å². The molecule has 0 radical (unpaired) electrons. The van der Waals surface area contributed by atoms with E-state index in [-0.39, 0.29) is 25.7 Å². The van der Waals surface area contributed by atoms with Crippen LogP contribution in [0.15, 0.2) is 24.3 Å². The third kappa shape index (κ3) is 75.6. The fraction of sp³-hybridized carbons (Fsp3) is 0.902. The van der Waals surface area contributed by atoms with Crippen LogP contribution in [0.5, 0.6) is 0 Å². The molecule has 0 saturated carbocycles. The van der Waals surface area contributed by atoms with E-state index in [9.17, 15) is 43.2 Å². The van der Waals surface area contributed by atoms with Gasteiger partial charge in [0.2, 0.25) is 0 Å². The van der Waals surface area contributed by atoms with Crippen LogP contribution in [0.2, 0.25) is 0 Å². The summed E-state index contributed by atoms with van der Waals surface area (Å²) in [5, 5.41) is 10.6. The van der Waals surface area contributed by atoms with Crippen LogP contribution in [0.4, 0.5) is 0 Å². The highest BCUT2D eigenvalue weighted by Gasteiger charge is 2.30. The lowest BCUT2D eigenvalue weighted by atomic mass is 10.0. The predicted molar refractivity (Wildman–Crippen MR) is 414 cm³/mol. The van der Waals surface area contributed by atoms with Gasteiger partial charge in [-0.3, -0.25) is 37.3 Å². The van der Waals surface area contributed by atoms with E-state index < -0.39 is 97.5 Å². The normalized spacial score (nSPS) is 14.0. The summed E-state index contributed by atoms with van der Waals surface area (Å²) in [5.74, 6) is -1.39. The number of hydrogen-bond donors (Lipinski definition) is 3. The lowest BCUT2D eigenvalue weighted by Crippen LogP contribution is -2.30. The number of esters is 4. The fourth-order valence-corrected chi connectivity index (χ4v) is 13.8. The van der Waals surface area contributed by atoms with E-state index in [1.807, 2.05) is 0 Å². The van der Waals surface area contributed by atoms with Crippen molar-refractivity contribution < 1.29 is 80.2 Å². The number of aliphatic hydroxyl groups is 1. The SMILES string of the molecule is CCCCCC/C=C\C=C/CCCCCCCC(=O)OC[C@H](COP(=O)(O)OC[C@@H](O)COP(=O)(O)OC[C@@H](COC(=O)CCCCCCCCCCCCCC)OC(=O)CCCCCCCCCCCCC(C)C)OC(=O)CCCCCCCCCCCCCCCCCCCCCCC. The van der Waals surface area contributed by atoms with Gasteiger partial charge in [-0.25, -0.2) is 9.13 Å². The average molecular weight is 1480 g/mol. The first kappa shape index (κ1) is 98.5. The van der Waals surface area contributed by atoms with Crippen LogP contribution in [-0.2, 0) is 65.4 Å². The van der Waals surface area contributed by atoms with Gasteiger partial charge >= 0.3 is 39.5 Å². The lowest BCUT2D eigenvalue weighted by Gasteiger charge is -2.21. The number of phosphoric ester groups is 2. The van der Waals surface area contributed by atoms with Gasteiger partial charge in [-0.15, -0.1) is 0 Å². The zero-order valence-electron chi connectivity index (χ0n) is 65.5. The highest BCUT2D eigenvalue weighted by atomic mass is 31.2. The molecule has 2 unspecified atom stereocenters. The molecule has 0 saturated heterocycles. The molecule has 0 heterocycles. The second kappa shape index (κ2) is 74.4. The van der Waals surface area contributed by atoms with Gasteiger partial charge < -0.3 is 33.8 Å². The molecule has 17 nitrogen and oxygen atoms in total. The van der Waals surface area contributed by atoms with E-state index in [4.69, 9.17) is 37.0 Å². The molecular formula is C82H156O17P2. The number of carbonyl (C=O) groups is 4. The molecule has 0 spiro atoms. The molecule has 5 atom stereocenters. The van der Waals surface area contributed by atoms with Crippen LogP contribution in [-0.4, -0.2) is 96.7 Å². The molecule has 3 N–H and O–H groups in total. The Balaban J connectivity index is 5.26. The Bertz CT molecular complexity index is 2020. The summed E-state index contributed by atoms with van der Waals surface area (Å²) in [7, 11) is -9.93. The van der Waals surface area contributed by atoms with Crippen LogP contribution in [0.1, 0.15) is 413 Å². The molecule has 0 rings (SSSR count). The van der Waals surface area contributed by atoms with Crippen molar-refractivity contribution >= 4 is 39.5 Å². The van der Waals surface area contributed by atoms with Crippen LogP contribution in [0.3, 0.4) is 0 Å². The van der Waals surface area contributed by atoms with Gasteiger partial charge in [-0.2, -0.15) is 0 Å². The minimum absolute atomic E-state index is 0.102. The second-order valence-corrected chi connectivity index (χ2v) is 32.2. The maximum atomic E-state index is 13.1. The van der Waals surface area contributed by atoms with Crippen molar-refractivity contribution in [3.05, 3.63) is 24.3 Å². The van der Waals surface area contributed by atoms with Crippen molar-refractivity contribution in [2.75, 3.05) is 39.6 Å². The number of ether oxygens (including phenoxy) is 4. The van der Waals surface area contributed by atoms with E-state index in [0.717, 1.165) is 115 Å². The topological polar surface area (TPSA) is 237 Å². The largest absolute Gasteiger partial charge is 0.472 e. The zero-order valence-corrected chi connectivity index (χ0v) is 67.3. The zero-order chi connectivity index (χ0) is 74.1. The number of carbonyl (C=O) groups excluding carboxylic acids is 4. The number of allylic oxidation sites excluding steroid dienone is 4. The van der Waals surface area contributed by atoms with Gasteiger partial charge in [-0.1, -0.05) is 361 Å². The fourth-order valence-electron chi connectivity index (χ4n) is 12.2. The molecule has 0 aliphatic heterocycles. The first-order chi connectivity index (χ1) is 49.0. The van der Waals surface area contributed by atoms with Gasteiger partial charge in [0.05, 0.1) is 26.4 Å². The summed E-state index contributed by atoms with van der Waals surface area (Å²) in [6.07, 6.45) is 68.8. The number of hydrogen-bond acceptors (Lipinski definition) is 15. The second-order valence-electron chi connectivity index (χ2n) is 29.3. The third-order valence-corrected chi connectivity index (χ3v) is 20.6. The van der Waals surface area contributed by atoms with Crippen LogP contribution in [0, 0.1) is 5.92 Å². The highest BCUT2D eigenvalue weighted by Crippen LogP contribution is 2.45. The molecule has 0 aromatic heterocycles. The van der Waals surface area contributed by atoms with Crippen molar-refractivity contribution in [3.63, 3.8) is 0 Å². The molecule has 0 aromatic rings. The first-order valence-corrected chi connectivity index (χ1v) is 44.9. The predicted octanol–water partition coefficient (Wildman–Crippen LogP) is 24.4. The number of unbranched alkanes of at least 4 members (excludes halogenated alkanes) is 49. The van der Waals surface area contributed by atoms with E-state index in [2.05, 4.69) is 58.9 Å². The van der Waals surface area contributed by atoms with Gasteiger partial charge in [-0.05, 0) is 57.3 Å². The van der Waals surface area contributed by atoms with Crippen LogP contribution < -0.4 is 0 Å². The molecule has 19 heteroatoms. The Morgan fingerprint density at radius 2 is 0.535 bits per heavy atom. The van der Waals surface area contributed by atoms with Crippen molar-refractivity contribution in [3.8, 4) is 0 Å². The molecule has 0 aliphatic rings. The van der Waals surface area contributed by atoms with Crippen LogP contribution in [0.25, 0.3) is 0 Å². The summed E-state index contributed by atoms with van der Waals surface area (Å²) < 4.78 is 68.7. The monoisotopic (exact) mass is 1480 g/mol. The van der Waals surface area contributed by atoms with Crippen molar-refractivity contribution in [2.45, 2.75) is 432 Å². The minimum Gasteiger partial charge on any atom is -0.462 e. The molecule has 0 bridgehead atoms.